The van der Waals surface area contributed by atoms with Crippen LogP contribution in [0.2, 0.25) is 0 Å². The summed E-state index contributed by atoms with van der Waals surface area (Å²) in [5.41, 5.74) is 3.53. The highest BCUT2D eigenvalue weighted by Crippen LogP contribution is 2.46. The van der Waals surface area contributed by atoms with Crippen LogP contribution in [0.3, 0.4) is 0 Å². The topological polar surface area (TPSA) is 98.7 Å². The third-order valence-corrected chi connectivity index (χ3v) is 7.93. The highest BCUT2D eigenvalue weighted by Gasteiger charge is 2.41. The molecule has 1 saturated heterocycles. The number of hydrogen-bond donors (Lipinski definition) is 1. The summed E-state index contributed by atoms with van der Waals surface area (Å²) in [7, 11) is 2.94. The Bertz CT molecular complexity index is 1350. The molecule has 1 fully saturated rings. The van der Waals surface area contributed by atoms with Crippen LogP contribution in [-0.2, 0) is 25.7 Å². The Kier molecular flexibility index (Phi) is 8.76. The Morgan fingerprint density at radius 3 is 2.70 bits per heavy atom. The predicted octanol–water partition coefficient (Wildman–Crippen LogP) is 4.71. The fraction of sp³-hybridized carbons (Fsp3) is 0.367. The average molecular weight is 564 g/mol. The van der Waals surface area contributed by atoms with Gasteiger partial charge in [0.1, 0.15) is 6.61 Å². The Labute approximate surface area is 238 Å². The summed E-state index contributed by atoms with van der Waals surface area (Å²) in [6.45, 7) is 3.40. The van der Waals surface area contributed by atoms with E-state index in [0.717, 1.165) is 36.3 Å². The Morgan fingerprint density at radius 2 is 1.98 bits per heavy atom. The average Bonchev–Trinajstić information content (AvgIpc) is 3.64. The molecular weight excluding hydrogens is 530 g/mol. The lowest BCUT2D eigenvalue weighted by Gasteiger charge is -2.36. The number of rotatable bonds is 10. The summed E-state index contributed by atoms with van der Waals surface area (Å²) in [5.74, 6) is 0.523. The quantitative estimate of drug-likeness (QED) is 0.415. The van der Waals surface area contributed by atoms with Crippen LogP contribution in [-0.4, -0.2) is 55.4 Å². The molecule has 210 valence electrons. The van der Waals surface area contributed by atoms with E-state index in [1.807, 2.05) is 58.8 Å². The zero-order valence-electron chi connectivity index (χ0n) is 22.8. The zero-order chi connectivity index (χ0) is 28.1. The summed E-state index contributed by atoms with van der Waals surface area (Å²) in [6.07, 6.45) is 2.16. The van der Waals surface area contributed by atoms with Crippen LogP contribution in [0, 0.1) is 0 Å². The molecule has 3 aliphatic heterocycles. The van der Waals surface area contributed by atoms with Gasteiger partial charge in [-0.05, 0) is 48.4 Å². The molecule has 0 unspecified atom stereocenters. The van der Waals surface area contributed by atoms with Crippen LogP contribution >= 0.6 is 11.8 Å². The van der Waals surface area contributed by atoms with E-state index in [0.29, 0.717) is 41.1 Å². The minimum atomic E-state index is -0.566. The zero-order valence-corrected chi connectivity index (χ0v) is 23.7. The number of esters is 1. The van der Waals surface area contributed by atoms with E-state index < -0.39 is 12.0 Å². The number of methoxy groups -OCH3 is 2. The number of thioether (sulfide) groups is 1. The van der Waals surface area contributed by atoms with Gasteiger partial charge in [-0.1, -0.05) is 48.2 Å². The van der Waals surface area contributed by atoms with Crippen molar-refractivity contribution in [2.75, 3.05) is 27.4 Å². The molecule has 0 saturated carbocycles. The lowest BCUT2D eigenvalue weighted by Crippen LogP contribution is -2.38. The lowest BCUT2D eigenvalue weighted by molar-refractivity contribution is -0.136. The van der Waals surface area contributed by atoms with Gasteiger partial charge in [-0.15, -0.1) is 0 Å². The first-order valence-corrected chi connectivity index (χ1v) is 14.1. The number of benzene rings is 2. The first-order valence-electron chi connectivity index (χ1n) is 13.2. The molecule has 0 radical (unpaired) electrons. The number of allylic oxidation sites excluding steroid dienone is 1. The number of aliphatic imine (C=N–C) groups is 1. The van der Waals surface area contributed by atoms with E-state index >= 15 is 0 Å². The molecule has 0 aliphatic carbocycles. The molecule has 2 atom stereocenters. The number of nitrogens with one attached hydrogen (secondary N) is 1. The van der Waals surface area contributed by atoms with E-state index in [1.54, 1.807) is 14.0 Å². The molecule has 0 aromatic heterocycles. The molecular formula is C30H33N3O6S. The molecule has 3 heterocycles. The summed E-state index contributed by atoms with van der Waals surface area (Å²) in [6, 6.07) is 14.9. The van der Waals surface area contributed by atoms with Gasteiger partial charge in [0.25, 0.3) is 0 Å². The molecule has 9 nitrogen and oxygen atoms in total. The van der Waals surface area contributed by atoms with E-state index in [1.165, 1.54) is 18.9 Å². The summed E-state index contributed by atoms with van der Waals surface area (Å²) < 4.78 is 22.6. The predicted molar refractivity (Wildman–Crippen MR) is 153 cm³/mol. The van der Waals surface area contributed by atoms with Crippen molar-refractivity contribution >= 4 is 28.8 Å². The molecule has 3 aliphatic rings. The molecule has 10 heteroatoms. The summed E-state index contributed by atoms with van der Waals surface area (Å²) in [5, 5.41) is 5.60. The maximum atomic E-state index is 13.1. The number of fused-ring (bicyclic) bond motifs is 1. The van der Waals surface area contributed by atoms with E-state index in [-0.39, 0.29) is 18.4 Å². The van der Waals surface area contributed by atoms with Crippen molar-refractivity contribution in [2.24, 2.45) is 4.99 Å². The van der Waals surface area contributed by atoms with Gasteiger partial charge in [0.15, 0.2) is 16.7 Å². The van der Waals surface area contributed by atoms with Gasteiger partial charge < -0.3 is 29.2 Å². The minimum absolute atomic E-state index is 0.0577. The molecule has 0 bridgehead atoms. The van der Waals surface area contributed by atoms with Gasteiger partial charge in [-0.3, -0.25) is 4.79 Å². The van der Waals surface area contributed by atoms with Crippen molar-refractivity contribution in [1.29, 1.82) is 0 Å². The van der Waals surface area contributed by atoms with Gasteiger partial charge in [0.2, 0.25) is 5.91 Å². The molecule has 1 N–H and O–H groups in total. The molecule has 0 spiro atoms. The monoisotopic (exact) mass is 563 g/mol. The van der Waals surface area contributed by atoms with Gasteiger partial charge in [-0.25, -0.2) is 9.79 Å². The number of carbonyl (C=O) groups is 2. The third kappa shape index (κ3) is 6.03. The van der Waals surface area contributed by atoms with Crippen molar-refractivity contribution in [2.45, 2.75) is 44.9 Å². The number of nitrogens with zero attached hydrogens (tertiary/aromatic N) is 2. The highest BCUT2D eigenvalue weighted by molar-refractivity contribution is 8.16. The standard InChI is InChI=1S/C30H33N3O6S/c1-19-27(29(35)37-3)28(21-11-12-24(25(14-21)36-2)39-17-20-8-5-4-6-9-20)33-22(18-40-30(33)32-19)15-26(34)31-16-23-10-7-13-38-23/h4-6,8-9,11-12,14,18,23,28H,7,10,13,15-17H2,1-3H3,(H,31,34)/t23-,28-/m1/s1. The summed E-state index contributed by atoms with van der Waals surface area (Å²) >= 11 is 1.43. The molecule has 2 aromatic rings. The third-order valence-electron chi connectivity index (χ3n) is 7.04. The van der Waals surface area contributed by atoms with Crippen LogP contribution in [0.5, 0.6) is 11.5 Å². The second-order valence-corrected chi connectivity index (χ2v) is 10.5. The maximum Gasteiger partial charge on any atom is 0.338 e. The van der Waals surface area contributed by atoms with Crippen molar-refractivity contribution in [1.82, 2.24) is 10.2 Å². The van der Waals surface area contributed by atoms with Crippen molar-refractivity contribution < 1.29 is 28.5 Å². The number of amidine groups is 1. The van der Waals surface area contributed by atoms with Gasteiger partial charge in [-0.2, -0.15) is 0 Å². The lowest BCUT2D eigenvalue weighted by atomic mass is 9.93. The normalized spacial score (nSPS) is 20.0. The number of amides is 1. The Balaban J connectivity index is 1.41. The maximum absolute atomic E-state index is 13.1. The van der Waals surface area contributed by atoms with E-state index in [9.17, 15) is 9.59 Å². The van der Waals surface area contributed by atoms with Crippen LogP contribution in [0.15, 0.2) is 75.9 Å². The van der Waals surface area contributed by atoms with E-state index in [4.69, 9.17) is 18.9 Å². The number of hydrogen-bond acceptors (Lipinski definition) is 9. The molecule has 5 rings (SSSR count). The Morgan fingerprint density at radius 1 is 1.15 bits per heavy atom. The smallest absolute Gasteiger partial charge is 0.338 e. The molecule has 2 aromatic carbocycles. The minimum Gasteiger partial charge on any atom is -0.493 e. The van der Waals surface area contributed by atoms with Crippen LogP contribution in [0.1, 0.15) is 43.4 Å². The van der Waals surface area contributed by atoms with Gasteiger partial charge in [0.05, 0.1) is 44.1 Å². The van der Waals surface area contributed by atoms with Crippen LogP contribution < -0.4 is 14.8 Å². The SMILES string of the molecule is COC(=O)C1=C(C)N=C2SC=C(CC(=O)NC[C@H]3CCCO3)N2[C@@H]1c1ccc(OCc2ccccc2)c(OC)c1. The fourth-order valence-electron chi connectivity index (χ4n) is 5.02. The Hall–Kier alpha value is -3.76. The summed E-state index contributed by atoms with van der Waals surface area (Å²) in [4.78, 5) is 32.6. The van der Waals surface area contributed by atoms with Crippen molar-refractivity contribution in [3.8, 4) is 11.5 Å². The van der Waals surface area contributed by atoms with Crippen molar-refractivity contribution in [3.63, 3.8) is 0 Å². The number of ether oxygens (including phenoxy) is 4. The second kappa shape index (κ2) is 12.6. The number of carbonyl (C=O) groups excluding carboxylic acids is 2. The van der Waals surface area contributed by atoms with E-state index in [2.05, 4.69) is 10.3 Å². The van der Waals surface area contributed by atoms with Crippen LogP contribution in [0.25, 0.3) is 0 Å². The second-order valence-electron chi connectivity index (χ2n) is 9.69. The molecule has 40 heavy (non-hydrogen) atoms. The van der Waals surface area contributed by atoms with Crippen molar-refractivity contribution in [3.05, 3.63) is 82.0 Å². The van der Waals surface area contributed by atoms with Crippen LogP contribution in [0.4, 0.5) is 0 Å². The highest BCUT2D eigenvalue weighted by atomic mass is 32.2. The first-order chi connectivity index (χ1) is 19.5. The fourth-order valence-corrected chi connectivity index (χ4v) is 5.99. The van der Waals surface area contributed by atoms with Gasteiger partial charge >= 0.3 is 5.97 Å². The molecule has 1 amide bonds. The largest absolute Gasteiger partial charge is 0.493 e. The first kappa shape index (κ1) is 27.8. The van der Waals surface area contributed by atoms with Gasteiger partial charge in [0, 0.05) is 18.8 Å².